The SMILES string of the molecule is CCOc1ccc(Cc2cc(C3CCC(O)C(CO)S3)c(OC)cc2C)cc1. The zero-order valence-electron chi connectivity index (χ0n) is 16.9. The maximum Gasteiger partial charge on any atom is 0.123 e. The molecule has 3 unspecified atom stereocenters. The Morgan fingerprint density at radius 2 is 1.89 bits per heavy atom. The topological polar surface area (TPSA) is 58.9 Å². The molecule has 0 aliphatic carbocycles. The molecule has 152 valence electrons. The van der Waals surface area contributed by atoms with Gasteiger partial charge < -0.3 is 19.7 Å². The molecule has 1 fully saturated rings. The van der Waals surface area contributed by atoms with Crippen molar-refractivity contribution in [2.45, 2.75) is 49.7 Å². The van der Waals surface area contributed by atoms with Crippen molar-refractivity contribution in [3.8, 4) is 11.5 Å². The number of hydrogen-bond acceptors (Lipinski definition) is 5. The van der Waals surface area contributed by atoms with Gasteiger partial charge in [0.25, 0.3) is 0 Å². The van der Waals surface area contributed by atoms with Crippen LogP contribution >= 0.6 is 11.8 Å². The van der Waals surface area contributed by atoms with Crippen LogP contribution in [0.15, 0.2) is 36.4 Å². The van der Waals surface area contributed by atoms with Crippen molar-refractivity contribution in [1.82, 2.24) is 0 Å². The maximum absolute atomic E-state index is 10.1. The molecule has 5 heteroatoms. The van der Waals surface area contributed by atoms with E-state index in [1.807, 2.05) is 19.1 Å². The van der Waals surface area contributed by atoms with Gasteiger partial charge in [0.1, 0.15) is 11.5 Å². The lowest BCUT2D eigenvalue weighted by Crippen LogP contribution is -2.31. The van der Waals surface area contributed by atoms with Gasteiger partial charge in [-0.25, -0.2) is 0 Å². The molecule has 0 saturated carbocycles. The van der Waals surface area contributed by atoms with Crippen LogP contribution in [-0.2, 0) is 6.42 Å². The minimum atomic E-state index is -0.439. The van der Waals surface area contributed by atoms with Crippen LogP contribution in [0.25, 0.3) is 0 Å². The van der Waals surface area contributed by atoms with Gasteiger partial charge in [0, 0.05) is 10.8 Å². The fourth-order valence-corrected chi connectivity index (χ4v) is 5.15. The molecule has 3 rings (SSSR count). The molecule has 1 heterocycles. The molecule has 1 aliphatic rings. The van der Waals surface area contributed by atoms with Gasteiger partial charge in [-0.15, -0.1) is 11.8 Å². The van der Waals surface area contributed by atoms with E-state index >= 15 is 0 Å². The van der Waals surface area contributed by atoms with E-state index in [2.05, 4.69) is 31.2 Å². The summed E-state index contributed by atoms with van der Waals surface area (Å²) in [5.41, 5.74) is 4.87. The Balaban J connectivity index is 1.85. The number of aliphatic hydroxyl groups is 2. The van der Waals surface area contributed by atoms with Crippen molar-refractivity contribution in [3.05, 3.63) is 58.7 Å². The molecule has 0 spiro atoms. The molecule has 1 saturated heterocycles. The number of aliphatic hydroxyl groups excluding tert-OH is 2. The third-order valence-electron chi connectivity index (χ3n) is 5.34. The quantitative estimate of drug-likeness (QED) is 0.724. The third-order valence-corrected chi connectivity index (χ3v) is 6.97. The molecular weight excluding hydrogens is 372 g/mol. The molecule has 2 N–H and O–H groups in total. The summed E-state index contributed by atoms with van der Waals surface area (Å²) in [7, 11) is 1.70. The van der Waals surface area contributed by atoms with E-state index in [9.17, 15) is 10.2 Å². The number of thioether (sulfide) groups is 1. The van der Waals surface area contributed by atoms with Crippen LogP contribution in [0.2, 0.25) is 0 Å². The molecule has 0 radical (unpaired) electrons. The summed E-state index contributed by atoms with van der Waals surface area (Å²) < 4.78 is 11.2. The molecule has 2 aromatic carbocycles. The van der Waals surface area contributed by atoms with Gasteiger partial charge in [0.2, 0.25) is 0 Å². The summed E-state index contributed by atoms with van der Waals surface area (Å²) in [6.07, 6.45) is 1.99. The first kappa shape index (κ1) is 21.0. The minimum Gasteiger partial charge on any atom is -0.496 e. The summed E-state index contributed by atoms with van der Waals surface area (Å²) in [5.74, 6) is 1.78. The van der Waals surface area contributed by atoms with E-state index in [1.165, 1.54) is 16.7 Å². The van der Waals surface area contributed by atoms with Crippen molar-refractivity contribution in [2.75, 3.05) is 20.3 Å². The highest BCUT2D eigenvalue weighted by Gasteiger charge is 2.31. The highest BCUT2D eigenvalue weighted by atomic mass is 32.2. The van der Waals surface area contributed by atoms with Crippen LogP contribution in [0.3, 0.4) is 0 Å². The Morgan fingerprint density at radius 3 is 2.54 bits per heavy atom. The Morgan fingerprint density at radius 1 is 1.14 bits per heavy atom. The lowest BCUT2D eigenvalue weighted by Gasteiger charge is -2.33. The van der Waals surface area contributed by atoms with E-state index < -0.39 is 6.10 Å². The summed E-state index contributed by atoms with van der Waals surface area (Å²) in [6.45, 7) is 4.77. The molecule has 0 bridgehead atoms. The number of ether oxygens (including phenoxy) is 2. The summed E-state index contributed by atoms with van der Waals surface area (Å²) in [4.78, 5) is 0. The van der Waals surface area contributed by atoms with E-state index in [1.54, 1.807) is 18.9 Å². The van der Waals surface area contributed by atoms with Crippen LogP contribution in [0.4, 0.5) is 0 Å². The van der Waals surface area contributed by atoms with Crippen molar-refractivity contribution >= 4 is 11.8 Å². The second kappa shape index (κ2) is 9.68. The van der Waals surface area contributed by atoms with E-state index in [-0.39, 0.29) is 17.1 Å². The van der Waals surface area contributed by atoms with Gasteiger partial charge in [-0.2, -0.15) is 0 Å². The minimum absolute atomic E-state index is 0.00442. The van der Waals surface area contributed by atoms with Crippen molar-refractivity contribution in [3.63, 3.8) is 0 Å². The average molecular weight is 403 g/mol. The molecule has 3 atom stereocenters. The molecular formula is C23H30O4S. The fraction of sp³-hybridized carbons (Fsp3) is 0.478. The number of methoxy groups -OCH3 is 1. The van der Waals surface area contributed by atoms with Crippen LogP contribution in [0.5, 0.6) is 11.5 Å². The van der Waals surface area contributed by atoms with Gasteiger partial charge in [-0.3, -0.25) is 0 Å². The molecule has 4 nitrogen and oxygen atoms in total. The zero-order valence-corrected chi connectivity index (χ0v) is 17.7. The van der Waals surface area contributed by atoms with E-state index in [4.69, 9.17) is 9.47 Å². The lowest BCUT2D eigenvalue weighted by atomic mass is 9.94. The number of hydrogen-bond donors (Lipinski definition) is 2. The van der Waals surface area contributed by atoms with Crippen LogP contribution in [-0.4, -0.2) is 41.9 Å². The van der Waals surface area contributed by atoms with Crippen molar-refractivity contribution in [2.24, 2.45) is 0 Å². The number of rotatable bonds is 7. The largest absolute Gasteiger partial charge is 0.496 e. The Hall–Kier alpha value is -1.69. The average Bonchev–Trinajstić information content (AvgIpc) is 2.71. The van der Waals surface area contributed by atoms with E-state index in [0.717, 1.165) is 29.9 Å². The molecule has 2 aromatic rings. The molecule has 28 heavy (non-hydrogen) atoms. The van der Waals surface area contributed by atoms with Gasteiger partial charge >= 0.3 is 0 Å². The Kier molecular flexibility index (Phi) is 7.27. The number of benzene rings is 2. The van der Waals surface area contributed by atoms with Crippen LogP contribution < -0.4 is 9.47 Å². The highest BCUT2D eigenvalue weighted by Crippen LogP contribution is 2.46. The van der Waals surface area contributed by atoms with Crippen LogP contribution in [0, 0.1) is 6.92 Å². The maximum atomic E-state index is 10.1. The first-order chi connectivity index (χ1) is 13.5. The Labute approximate surface area is 171 Å². The van der Waals surface area contributed by atoms with Crippen molar-refractivity contribution < 1.29 is 19.7 Å². The van der Waals surface area contributed by atoms with Gasteiger partial charge in [-0.05, 0) is 68.0 Å². The summed E-state index contributed by atoms with van der Waals surface area (Å²) in [5, 5.41) is 19.8. The first-order valence-corrected chi connectivity index (χ1v) is 10.8. The third kappa shape index (κ3) is 4.83. The van der Waals surface area contributed by atoms with E-state index in [0.29, 0.717) is 13.0 Å². The first-order valence-electron chi connectivity index (χ1n) is 9.89. The van der Waals surface area contributed by atoms with Gasteiger partial charge in [-0.1, -0.05) is 18.2 Å². The summed E-state index contributed by atoms with van der Waals surface area (Å²) >= 11 is 1.65. The highest BCUT2D eigenvalue weighted by molar-refractivity contribution is 8.00. The molecule has 0 aromatic heterocycles. The molecule has 0 amide bonds. The molecule has 1 aliphatic heterocycles. The van der Waals surface area contributed by atoms with Crippen molar-refractivity contribution in [1.29, 1.82) is 0 Å². The fourth-order valence-electron chi connectivity index (χ4n) is 3.73. The number of aryl methyl sites for hydroxylation is 1. The second-order valence-corrected chi connectivity index (χ2v) is 8.71. The Bertz CT molecular complexity index is 775. The monoisotopic (exact) mass is 402 g/mol. The standard InChI is InChI=1S/C23H30O4S/c1-4-27-18-7-5-16(6-8-18)12-17-13-19(21(26-3)11-15(17)2)22-10-9-20(25)23(14-24)28-22/h5-8,11,13,20,22-25H,4,9-10,12,14H2,1-3H3. The zero-order chi connectivity index (χ0) is 20.1. The lowest BCUT2D eigenvalue weighted by molar-refractivity contribution is 0.124. The predicted octanol–water partition coefficient (Wildman–Crippen LogP) is 4.28. The predicted molar refractivity (Wildman–Crippen MR) is 115 cm³/mol. The van der Waals surface area contributed by atoms with Gasteiger partial charge in [0.05, 0.1) is 31.7 Å². The van der Waals surface area contributed by atoms with Gasteiger partial charge in [0.15, 0.2) is 0 Å². The summed E-state index contributed by atoms with van der Waals surface area (Å²) in [6, 6.07) is 12.6. The smallest absolute Gasteiger partial charge is 0.123 e. The second-order valence-electron chi connectivity index (χ2n) is 7.26. The van der Waals surface area contributed by atoms with Crippen LogP contribution in [0.1, 0.15) is 47.3 Å². The normalized spacial score (nSPS) is 22.1.